The summed E-state index contributed by atoms with van der Waals surface area (Å²) >= 11 is 5.82. The fourth-order valence-corrected chi connectivity index (χ4v) is 3.39. The van der Waals surface area contributed by atoms with Crippen molar-refractivity contribution in [3.8, 4) is 0 Å². The fraction of sp³-hybridized carbons (Fsp3) is 0.211. The minimum atomic E-state index is 0.937. The number of hydrogen-bond donors (Lipinski definition) is 0. The van der Waals surface area contributed by atoms with Crippen LogP contribution >= 0.6 is 12.2 Å². The van der Waals surface area contributed by atoms with E-state index >= 15 is 0 Å². The predicted molar refractivity (Wildman–Crippen MR) is 96.1 cm³/mol. The van der Waals surface area contributed by atoms with Crippen LogP contribution in [0.1, 0.15) is 19.4 Å². The Kier molecular flexibility index (Phi) is 3.89. The minimum Gasteiger partial charge on any atom is -0.363 e. The van der Waals surface area contributed by atoms with Gasteiger partial charge in [-0.1, -0.05) is 60.7 Å². The molecule has 106 valence electrons. The molecule has 0 fully saturated rings. The smallest absolute Gasteiger partial charge is 0.110 e. The lowest BCUT2D eigenvalue weighted by Crippen LogP contribution is -2.29. The lowest BCUT2D eigenvalue weighted by molar-refractivity contribution is 0.475. The predicted octanol–water partition coefficient (Wildman–Crippen LogP) is 5.01. The molecule has 0 bridgehead atoms. The summed E-state index contributed by atoms with van der Waals surface area (Å²) in [6.45, 7) is 6.19. The lowest BCUT2D eigenvalue weighted by atomic mass is 9.96. The first-order chi connectivity index (χ1) is 10.3. The number of fused-ring (bicyclic) bond motifs is 2. The molecule has 0 amide bonds. The Labute approximate surface area is 131 Å². The summed E-state index contributed by atoms with van der Waals surface area (Å²) in [5.74, 6) is 0. The highest BCUT2D eigenvalue weighted by molar-refractivity contribution is 7.80. The molecule has 0 heterocycles. The molecule has 0 aromatic heterocycles. The van der Waals surface area contributed by atoms with Crippen LogP contribution in [0.4, 0.5) is 0 Å². The first kappa shape index (κ1) is 14.0. The minimum absolute atomic E-state index is 0.937. The highest BCUT2D eigenvalue weighted by atomic mass is 32.1. The van der Waals surface area contributed by atoms with Gasteiger partial charge in [-0.2, -0.15) is 0 Å². The number of benzene rings is 3. The number of nitrogens with zero attached hydrogens (tertiary/aromatic N) is 1. The molecule has 2 heteroatoms. The average molecular weight is 293 g/mol. The van der Waals surface area contributed by atoms with Crippen LogP contribution in [0.15, 0.2) is 54.6 Å². The van der Waals surface area contributed by atoms with E-state index in [1.807, 2.05) is 0 Å². The van der Waals surface area contributed by atoms with Gasteiger partial charge in [-0.15, -0.1) is 0 Å². The largest absolute Gasteiger partial charge is 0.363 e. The number of thiocarbonyl (C=S) groups is 1. The molecule has 21 heavy (non-hydrogen) atoms. The zero-order chi connectivity index (χ0) is 14.8. The van der Waals surface area contributed by atoms with Crippen molar-refractivity contribution in [2.75, 3.05) is 13.1 Å². The lowest BCUT2D eigenvalue weighted by Gasteiger charge is -2.24. The standard InChI is InChI=1S/C19H19NS/c1-3-20(4-2)19(21)18-16-11-7-5-9-14(16)13-15-10-6-8-12-17(15)18/h5-13H,3-4H2,1-2H3. The summed E-state index contributed by atoms with van der Waals surface area (Å²) in [6.07, 6.45) is 0. The van der Waals surface area contributed by atoms with Gasteiger partial charge in [0.05, 0.1) is 0 Å². The van der Waals surface area contributed by atoms with E-state index in [0.29, 0.717) is 0 Å². The van der Waals surface area contributed by atoms with Crippen LogP contribution in [0.25, 0.3) is 21.5 Å². The topological polar surface area (TPSA) is 3.24 Å². The molecule has 0 saturated carbocycles. The molecule has 1 nitrogen and oxygen atoms in total. The fourth-order valence-electron chi connectivity index (χ4n) is 2.91. The highest BCUT2D eigenvalue weighted by Crippen LogP contribution is 2.29. The third kappa shape index (κ3) is 2.40. The summed E-state index contributed by atoms with van der Waals surface area (Å²) in [5.41, 5.74) is 1.20. The zero-order valence-corrected chi connectivity index (χ0v) is 13.3. The Morgan fingerprint density at radius 1 is 0.857 bits per heavy atom. The summed E-state index contributed by atoms with van der Waals surface area (Å²) < 4.78 is 0. The first-order valence-electron chi connectivity index (χ1n) is 7.46. The van der Waals surface area contributed by atoms with Crippen LogP contribution in [0.3, 0.4) is 0 Å². The van der Waals surface area contributed by atoms with Gasteiger partial charge in [-0.3, -0.25) is 0 Å². The maximum absolute atomic E-state index is 5.82. The molecular formula is C19H19NS. The summed E-state index contributed by atoms with van der Waals surface area (Å²) in [6, 6.07) is 19.3. The van der Waals surface area contributed by atoms with Crippen molar-refractivity contribution in [3.05, 3.63) is 60.2 Å². The molecule has 0 aliphatic carbocycles. The Morgan fingerprint density at radius 2 is 1.33 bits per heavy atom. The van der Waals surface area contributed by atoms with E-state index in [1.165, 1.54) is 27.1 Å². The van der Waals surface area contributed by atoms with Gasteiger partial charge in [0, 0.05) is 18.7 Å². The van der Waals surface area contributed by atoms with Gasteiger partial charge in [-0.25, -0.2) is 0 Å². The molecule has 0 unspecified atom stereocenters. The maximum atomic E-state index is 5.82. The van der Waals surface area contributed by atoms with E-state index in [1.54, 1.807) is 0 Å². The van der Waals surface area contributed by atoms with Crippen molar-refractivity contribution in [1.82, 2.24) is 4.90 Å². The van der Waals surface area contributed by atoms with Crippen molar-refractivity contribution in [1.29, 1.82) is 0 Å². The van der Waals surface area contributed by atoms with Crippen LogP contribution in [-0.2, 0) is 0 Å². The number of rotatable bonds is 3. The van der Waals surface area contributed by atoms with Gasteiger partial charge in [0.25, 0.3) is 0 Å². The van der Waals surface area contributed by atoms with Gasteiger partial charge in [-0.05, 0) is 41.5 Å². The van der Waals surface area contributed by atoms with Crippen molar-refractivity contribution in [2.45, 2.75) is 13.8 Å². The van der Waals surface area contributed by atoms with Crippen molar-refractivity contribution < 1.29 is 0 Å². The van der Waals surface area contributed by atoms with Crippen molar-refractivity contribution in [3.63, 3.8) is 0 Å². The van der Waals surface area contributed by atoms with Crippen molar-refractivity contribution >= 4 is 38.8 Å². The van der Waals surface area contributed by atoms with Crippen molar-refractivity contribution in [2.24, 2.45) is 0 Å². The van der Waals surface area contributed by atoms with E-state index in [0.717, 1.165) is 18.1 Å². The van der Waals surface area contributed by atoms with Gasteiger partial charge < -0.3 is 4.90 Å². The molecule has 0 aliphatic heterocycles. The molecule has 0 saturated heterocycles. The van der Waals surface area contributed by atoms with E-state index < -0.39 is 0 Å². The van der Waals surface area contributed by atoms with Gasteiger partial charge in [0.2, 0.25) is 0 Å². The third-order valence-corrected chi connectivity index (χ3v) is 4.50. The van der Waals surface area contributed by atoms with E-state index in [2.05, 4.69) is 73.3 Å². The molecule has 0 N–H and O–H groups in total. The van der Waals surface area contributed by atoms with E-state index in [9.17, 15) is 0 Å². The van der Waals surface area contributed by atoms with Gasteiger partial charge in [0.15, 0.2) is 0 Å². The highest BCUT2D eigenvalue weighted by Gasteiger charge is 2.15. The Morgan fingerprint density at radius 3 is 1.81 bits per heavy atom. The number of hydrogen-bond acceptors (Lipinski definition) is 1. The molecule has 3 rings (SSSR count). The second kappa shape index (κ2) is 5.82. The summed E-state index contributed by atoms with van der Waals surface area (Å²) in [7, 11) is 0. The molecule has 0 aliphatic rings. The second-order valence-electron chi connectivity index (χ2n) is 5.17. The SMILES string of the molecule is CCN(CC)C(=S)c1c2ccccc2cc2ccccc12. The normalized spacial score (nSPS) is 11.0. The Balaban J connectivity index is 2.37. The van der Waals surface area contributed by atoms with Crippen LogP contribution in [0, 0.1) is 0 Å². The third-order valence-electron chi connectivity index (χ3n) is 4.04. The summed E-state index contributed by atoms with van der Waals surface area (Å²) in [4.78, 5) is 3.21. The molecule has 0 spiro atoms. The molecule has 3 aromatic carbocycles. The van der Waals surface area contributed by atoms with Crippen LogP contribution in [0.5, 0.6) is 0 Å². The quantitative estimate of drug-likeness (QED) is 0.493. The monoisotopic (exact) mass is 293 g/mol. The molecule has 0 radical (unpaired) electrons. The van der Waals surface area contributed by atoms with Gasteiger partial charge >= 0.3 is 0 Å². The molecule has 3 aromatic rings. The zero-order valence-electron chi connectivity index (χ0n) is 12.5. The van der Waals surface area contributed by atoms with E-state index in [-0.39, 0.29) is 0 Å². The van der Waals surface area contributed by atoms with Gasteiger partial charge in [0.1, 0.15) is 4.99 Å². The second-order valence-corrected chi connectivity index (χ2v) is 5.56. The van der Waals surface area contributed by atoms with Crippen LogP contribution in [0.2, 0.25) is 0 Å². The maximum Gasteiger partial charge on any atom is 0.110 e. The first-order valence-corrected chi connectivity index (χ1v) is 7.86. The Bertz CT molecular complexity index is 749. The van der Waals surface area contributed by atoms with E-state index in [4.69, 9.17) is 12.2 Å². The molecular weight excluding hydrogens is 274 g/mol. The summed E-state index contributed by atoms with van der Waals surface area (Å²) in [5, 5.41) is 4.99. The molecule has 0 atom stereocenters. The Hall–Kier alpha value is -1.93. The van der Waals surface area contributed by atoms with Crippen LogP contribution < -0.4 is 0 Å². The van der Waals surface area contributed by atoms with Crippen LogP contribution in [-0.4, -0.2) is 23.0 Å². The average Bonchev–Trinajstić information content (AvgIpc) is 2.53.